The fourth-order valence-electron chi connectivity index (χ4n) is 3.16. The third-order valence-electron chi connectivity index (χ3n) is 4.49. The van der Waals surface area contributed by atoms with Crippen molar-refractivity contribution in [3.63, 3.8) is 0 Å². The van der Waals surface area contributed by atoms with Crippen molar-refractivity contribution in [3.8, 4) is 11.5 Å². The number of ether oxygens (including phenoxy) is 3. The molecule has 0 bridgehead atoms. The zero-order valence-corrected chi connectivity index (χ0v) is 16.9. The molecule has 0 fully saturated rings. The molecule has 6 nitrogen and oxygen atoms in total. The van der Waals surface area contributed by atoms with Crippen molar-refractivity contribution in [2.75, 3.05) is 25.2 Å². The predicted octanol–water partition coefficient (Wildman–Crippen LogP) is 3.63. The number of hydrogen-bond acceptors (Lipinski definition) is 5. The van der Waals surface area contributed by atoms with E-state index < -0.39 is 5.97 Å². The topological polar surface area (TPSA) is 65.1 Å². The van der Waals surface area contributed by atoms with Crippen molar-refractivity contribution < 1.29 is 23.8 Å². The highest BCUT2D eigenvalue weighted by molar-refractivity contribution is 5.98. The highest BCUT2D eigenvalue weighted by Gasteiger charge is 2.24. The van der Waals surface area contributed by atoms with Gasteiger partial charge in [0.1, 0.15) is 0 Å². The zero-order chi connectivity index (χ0) is 20.8. The van der Waals surface area contributed by atoms with Gasteiger partial charge in [-0.25, -0.2) is 4.79 Å². The van der Waals surface area contributed by atoms with Gasteiger partial charge in [0.15, 0.2) is 18.1 Å². The van der Waals surface area contributed by atoms with Crippen molar-refractivity contribution in [2.45, 2.75) is 26.4 Å². The van der Waals surface area contributed by atoms with Crippen LogP contribution in [0.4, 0.5) is 5.69 Å². The summed E-state index contributed by atoms with van der Waals surface area (Å²) in [5.41, 5.74) is 2.78. The highest BCUT2D eigenvalue weighted by atomic mass is 16.5. The van der Waals surface area contributed by atoms with Gasteiger partial charge >= 0.3 is 5.97 Å². The van der Waals surface area contributed by atoms with E-state index in [4.69, 9.17) is 14.2 Å². The molecule has 1 heterocycles. The van der Waals surface area contributed by atoms with Gasteiger partial charge < -0.3 is 19.1 Å². The van der Waals surface area contributed by atoms with Crippen molar-refractivity contribution in [1.29, 1.82) is 0 Å². The first-order valence-electron chi connectivity index (χ1n) is 9.55. The van der Waals surface area contributed by atoms with E-state index in [9.17, 15) is 9.59 Å². The number of anilines is 1. The standard InChI is InChI=1S/C23H25NO5/c1-16(2)29-20-10-8-17(14-21(20)27-3)9-11-23(26)28-15-22(25)24-13-12-18-6-4-5-7-19(18)24/h4-11,14,16H,12-13,15H2,1-3H3/b11-9+. The Kier molecular flexibility index (Phi) is 6.54. The summed E-state index contributed by atoms with van der Waals surface area (Å²) in [4.78, 5) is 26.1. The lowest BCUT2D eigenvalue weighted by Crippen LogP contribution is -2.33. The van der Waals surface area contributed by atoms with Gasteiger partial charge in [-0.1, -0.05) is 24.3 Å². The summed E-state index contributed by atoms with van der Waals surface area (Å²) < 4.78 is 16.1. The summed E-state index contributed by atoms with van der Waals surface area (Å²) in [7, 11) is 1.56. The lowest BCUT2D eigenvalue weighted by Gasteiger charge is -2.16. The van der Waals surface area contributed by atoms with Crippen molar-refractivity contribution in [1.82, 2.24) is 0 Å². The maximum atomic E-state index is 12.4. The molecular weight excluding hydrogens is 370 g/mol. The van der Waals surface area contributed by atoms with E-state index in [1.54, 1.807) is 30.2 Å². The Hall–Kier alpha value is -3.28. The lowest BCUT2D eigenvalue weighted by molar-refractivity contribution is -0.142. The largest absolute Gasteiger partial charge is 0.493 e. The number of benzene rings is 2. The molecule has 3 rings (SSSR count). The Bertz CT molecular complexity index is 919. The van der Waals surface area contributed by atoms with Crippen LogP contribution >= 0.6 is 0 Å². The molecule has 1 aliphatic rings. The molecule has 0 radical (unpaired) electrons. The molecule has 1 amide bonds. The molecule has 152 valence electrons. The molecule has 0 aliphatic carbocycles. The molecule has 2 aromatic rings. The first kappa shape index (κ1) is 20.5. The zero-order valence-electron chi connectivity index (χ0n) is 16.9. The lowest BCUT2D eigenvalue weighted by atomic mass is 10.2. The first-order valence-corrected chi connectivity index (χ1v) is 9.55. The quantitative estimate of drug-likeness (QED) is 0.529. The molecule has 0 spiro atoms. The summed E-state index contributed by atoms with van der Waals surface area (Å²) in [6, 6.07) is 13.1. The average molecular weight is 395 g/mol. The van der Waals surface area contributed by atoms with Gasteiger partial charge in [-0.15, -0.1) is 0 Å². The van der Waals surface area contributed by atoms with Gasteiger partial charge in [0.05, 0.1) is 13.2 Å². The van der Waals surface area contributed by atoms with Crippen molar-refractivity contribution >= 4 is 23.6 Å². The number of carbonyl (C=O) groups is 2. The Morgan fingerprint density at radius 2 is 1.93 bits per heavy atom. The van der Waals surface area contributed by atoms with E-state index in [0.717, 1.165) is 23.2 Å². The van der Waals surface area contributed by atoms with Crippen molar-refractivity contribution in [3.05, 3.63) is 59.7 Å². The van der Waals surface area contributed by atoms with E-state index in [1.807, 2.05) is 44.2 Å². The van der Waals surface area contributed by atoms with Gasteiger partial charge in [-0.3, -0.25) is 4.79 Å². The van der Waals surface area contributed by atoms with Crippen LogP contribution in [0.25, 0.3) is 6.08 Å². The number of methoxy groups -OCH3 is 1. The van der Waals surface area contributed by atoms with E-state index in [-0.39, 0.29) is 18.6 Å². The van der Waals surface area contributed by atoms with E-state index >= 15 is 0 Å². The molecule has 6 heteroatoms. The van der Waals surface area contributed by atoms with E-state index in [0.29, 0.717) is 18.0 Å². The van der Waals surface area contributed by atoms with E-state index in [2.05, 4.69) is 0 Å². The number of hydrogen-bond donors (Lipinski definition) is 0. The van der Waals surface area contributed by atoms with Gasteiger partial charge in [-0.2, -0.15) is 0 Å². The number of carbonyl (C=O) groups excluding carboxylic acids is 2. The van der Waals surface area contributed by atoms with Gasteiger partial charge in [0, 0.05) is 18.3 Å². The van der Waals surface area contributed by atoms with Crippen LogP contribution in [0, 0.1) is 0 Å². The summed E-state index contributed by atoms with van der Waals surface area (Å²) >= 11 is 0. The van der Waals surface area contributed by atoms with Gasteiger partial charge in [-0.05, 0) is 55.7 Å². The van der Waals surface area contributed by atoms with Crippen LogP contribution in [0.2, 0.25) is 0 Å². The third kappa shape index (κ3) is 5.16. The second-order valence-electron chi connectivity index (χ2n) is 6.94. The molecule has 29 heavy (non-hydrogen) atoms. The van der Waals surface area contributed by atoms with Crippen LogP contribution in [0.1, 0.15) is 25.0 Å². The minimum absolute atomic E-state index is 0.0281. The Morgan fingerprint density at radius 3 is 2.69 bits per heavy atom. The van der Waals surface area contributed by atoms with Crippen LogP contribution < -0.4 is 14.4 Å². The predicted molar refractivity (Wildman–Crippen MR) is 111 cm³/mol. The van der Waals surface area contributed by atoms with Crippen LogP contribution in [0.15, 0.2) is 48.5 Å². The number of amides is 1. The number of fused-ring (bicyclic) bond motifs is 1. The summed E-state index contributed by atoms with van der Waals surface area (Å²) in [5.74, 6) is 0.414. The average Bonchev–Trinajstić information content (AvgIpc) is 3.15. The smallest absolute Gasteiger partial charge is 0.331 e. The van der Waals surface area contributed by atoms with Crippen LogP contribution in [0.5, 0.6) is 11.5 Å². The number of para-hydroxylation sites is 1. The second kappa shape index (κ2) is 9.28. The third-order valence-corrected chi connectivity index (χ3v) is 4.49. The molecule has 2 aromatic carbocycles. The Labute approximate surface area is 170 Å². The Morgan fingerprint density at radius 1 is 1.14 bits per heavy atom. The minimum Gasteiger partial charge on any atom is -0.493 e. The Balaban J connectivity index is 1.55. The molecule has 1 aliphatic heterocycles. The molecule has 0 aromatic heterocycles. The SMILES string of the molecule is COc1cc(/C=C/C(=O)OCC(=O)N2CCc3ccccc32)ccc1OC(C)C. The minimum atomic E-state index is -0.577. The number of nitrogens with zero attached hydrogens (tertiary/aromatic N) is 1. The van der Waals surface area contributed by atoms with Crippen LogP contribution in [-0.4, -0.2) is 38.2 Å². The summed E-state index contributed by atoms with van der Waals surface area (Å²) in [5, 5.41) is 0. The van der Waals surface area contributed by atoms with E-state index in [1.165, 1.54) is 6.08 Å². The molecule has 0 unspecified atom stereocenters. The maximum Gasteiger partial charge on any atom is 0.331 e. The molecule has 0 saturated carbocycles. The fraction of sp³-hybridized carbons (Fsp3) is 0.304. The molecular formula is C23H25NO5. The van der Waals surface area contributed by atoms with Crippen LogP contribution in [-0.2, 0) is 20.7 Å². The molecule has 0 atom stereocenters. The van der Waals surface area contributed by atoms with Crippen molar-refractivity contribution in [2.24, 2.45) is 0 Å². The molecule has 0 N–H and O–H groups in total. The summed E-state index contributed by atoms with van der Waals surface area (Å²) in [6.45, 7) is 4.19. The monoisotopic (exact) mass is 395 g/mol. The summed E-state index contributed by atoms with van der Waals surface area (Å²) in [6.07, 6.45) is 3.75. The maximum absolute atomic E-state index is 12.4. The first-order chi connectivity index (χ1) is 14.0. The van der Waals surface area contributed by atoms with Gasteiger partial charge in [0.2, 0.25) is 0 Å². The highest BCUT2D eigenvalue weighted by Crippen LogP contribution is 2.29. The normalized spacial score (nSPS) is 12.9. The number of rotatable bonds is 7. The fourth-order valence-corrected chi connectivity index (χ4v) is 3.16. The molecule has 0 saturated heterocycles. The second-order valence-corrected chi connectivity index (χ2v) is 6.94. The van der Waals surface area contributed by atoms with Gasteiger partial charge in [0.25, 0.3) is 5.91 Å². The number of esters is 1. The van der Waals surface area contributed by atoms with Crippen LogP contribution in [0.3, 0.4) is 0 Å².